The van der Waals surface area contributed by atoms with E-state index in [2.05, 4.69) is 16.5 Å². The second kappa shape index (κ2) is 11.7. The van der Waals surface area contributed by atoms with Gasteiger partial charge in [0, 0.05) is 26.6 Å². The topological polar surface area (TPSA) is 84.7 Å². The smallest absolute Gasteiger partial charge is 0.337 e. The van der Waals surface area contributed by atoms with E-state index in [0.717, 1.165) is 47.7 Å². The van der Waals surface area contributed by atoms with Gasteiger partial charge in [0.15, 0.2) is 0 Å². The zero-order valence-electron chi connectivity index (χ0n) is 19.5. The monoisotopic (exact) mass is 474 g/mol. The molecule has 0 radical (unpaired) electrons. The Labute approximate surface area is 200 Å². The highest BCUT2D eigenvalue weighted by molar-refractivity contribution is 6.13. The molecule has 1 fully saturated rings. The molecule has 0 atom stereocenters. The van der Waals surface area contributed by atoms with Crippen molar-refractivity contribution < 1.29 is 19.1 Å². The number of halogens is 1. The zero-order valence-corrected chi connectivity index (χ0v) is 20.4. The fourth-order valence-electron chi connectivity index (χ4n) is 3.67. The largest absolute Gasteiger partial charge is 0.465 e. The normalized spacial score (nSPS) is 14.7. The molecule has 33 heavy (non-hydrogen) atoms. The fraction of sp³-hybridized carbons (Fsp3) is 0.417. The molecule has 0 spiro atoms. The van der Waals surface area contributed by atoms with Crippen molar-refractivity contribution in [3.63, 3.8) is 0 Å². The van der Waals surface area contributed by atoms with Crippen molar-refractivity contribution in [2.24, 2.45) is 0 Å². The van der Waals surface area contributed by atoms with Gasteiger partial charge in [-0.2, -0.15) is 0 Å². The number of hydrogen-bond acceptors (Lipinski definition) is 5. The van der Waals surface area contributed by atoms with Gasteiger partial charge in [-0.15, -0.1) is 12.4 Å². The Morgan fingerprint density at radius 3 is 2.42 bits per heavy atom. The van der Waals surface area contributed by atoms with Gasteiger partial charge in [-0.05, 0) is 36.6 Å². The molecular formula is C24H31ClN4O4. The molecule has 8 nitrogen and oxygen atoms in total. The maximum absolute atomic E-state index is 12.7. The third-order valence-corrected chi connectivity index (χ3v) is 5.51. The van der Waals surface area contributed by atoms with Gasteiger partial charge in [-0.25, -0.2) is 14.6 Å². The average Bonchev–Trinajstić information content (AvgIpc) is 3.26. The van der Waals surface area contributed by atoms with Crippen LogP contribution in [0, 0.1) is 0 Å². The number of imidazole rings is 1. The number of methoxy groups -OCH3 is 1. The lowest BCUT2D eigenvalue weighted by Gasteiger charge is -2.16. The average molecular weight is 475 g/mol. The molecule has 9 heteroatoms. The molecule has 2 aromatic rings. The Morgan fingerprint density at radius 1 is 1.12 bits per heavy atom. The van der Waals surface area contributed by atoms with Gasteiger partial charge in [-0.3, -0.25) is 14.6 Å². The molecule has 0 N–H and O–H groups in total. The van der Waals surface area contributed by atoms with Crippen LogP contribution < -0.4 is 0 Å². The maximum atomic E-state index is 12.7. The third kappa shape index (κ3) is 5.63. The molecule has 0 unspecified atom stereocenters. The number of imide groups is 1. The molecule has 1 aromatic heterocycles. The molecule has 0 bridgehead atoms. The van der Waals surface area contributed by atoms with Crippen LogP contribution in [0.15, 0.2) is 36.2 Å². The molecule has 0 saturated carbocycles. The first-order valence-electron chi connectivity index (χ1n) is 10.9. The van der Waals surface area contributed by atoms with Crippen molar-refractivity contribution in [2.45, 2.75) is 46.1 Å². The van der Waals surface area contributed by atoms with E-state index in [0.29, 0.717) is 24.4 Å². The van der Waals surface area contributed by atoms with Crippen molar-refractivity contribution in [3.05, 3.63) is 58.8 Å². The highest BCUT2D eigenvalue weighted by atomic mass is 35.5. The number of ether oxygens (including phenoxy) is 1. The summed E-state index contributed by atoms with van der Waals surface area (Å²) in [6, 6.07) is 6.93. The summed E-state index contributed by atoms with van der Waals surface area (Å²) >= 11 is 0. The van der Waals surface area contributed by atoms with Gasteiger partial charge in [-0.1, -0.05) is 32.4 Å². The molecular weight excluding hydrogens is 444 g/mol. The summed E-state index contributed by atoms with van der Waals surface area (Å²) < 4.78 is 6.82. The minimum Gasteiger partial charge on any atom is -0.465 e. The maximum Gasteiger partial charge on any atom is 0.337 e. The first-order valence-corrected chi connectivity index (χ1v) is 10.9. The number of urea groups is 1. The molecule has 1 saturated heterocycles. The molecule has 1 aliphatic rings. The second-order valence-corrected chi connectivity index (χ2v) is 7.81. The Balaban J connectivity index is 0.00000385. The van der Waals surface area contributed by atoms with E-state index in [4.69, 9.17) is 4.74 Å². The lowest BCUT2D eigenvalue weighted by molar-refractivity contribution is -0.122. The number of benzene rings is 1. The first-order chi connectivity index (χ1) is 15.4. The number of esters is 1. The van der Waals surface area contributed by atoms with Gasteiger partial charge in [0.1, 0.15) is 11.5 Å². The van der Waals surface area contributed by atoms with Crippen molar-refractivity contribution in [2.75, 3.05) is 20.7 Å². The number of unbranched alkanes of at least 4 members (excludes halogenated alkanes) is 1. The number of aryl methyl sites for hydroxylation is 1. The van der Waals surface area contributed by atoms with Gasteiger partial charge in [0.05, 0.1) is 24.6 Å². The van der Waals surface area contributed by atoms with E-state index in [9.17, 15) is 14.4 Å². The highest BCUT2D eigenvalue weighted by Crippen LogP contribution is 2.24. The number of aromatic nitrogens is 2. The number of hydrogen-bond donors (Lipinski definition) is 0. The lowest BCUT2D eigenvalue weighted by atomic mass is 10.1. The van der Waals surface area contributed by atoms with Crippen LogP contribution in [-0.2, 0) is 22.5 Å². The third-order valence-electron chi connectivity index (χ3n) is 5.51. The van der Waals surface area contributed by atoms with E-state index in [1.54, 1.807) is 29.3 Å². The number of carbonyl (C=O) groups excluding carboxylic acids is 3. The number of nitrogens with zero attached hydrogens (tertiary/aromatic N) is 4. The minimum atomic E-state index is -0.378. The van der Waals surface area contributed by atoms with Crippen molar-refractivity contribution in [1.29, 1.82) is 0 Å². The van der Waals surface area contributed by atoms with Gasteiger partial charge < -0.3 is 9.30 Å². The Kier molecular flexibility index (Phi) is 9.22. The van der Waals surface area contributed by atoms with Crippen molar-refractivity contribution in [3.8, 4) is 0 Å². The summed E-state index contributed by atoms with van der Waals surface area (Å²) in [5.41, 5.74) is 2.61. The quantitative estimate of drug-likeness (QED) is 0.310. The van der Waals surface area contributed by atoms with Gasteiger partial charge in [0.2, 0.25) is 0 Å². The Bertz CT molecular complexity index is 1030. The van der Waals surface area contributed by atoms with Crippen LogP contribution in [0.5, 0.6) is 0 Å². The van der Waals surface area contributed by atoms with E-state index in [1.807, 2.05) is 19.1 Å². The highest BCUT2D eigenvalue weighted by Gasteiger charge is 2.38. The van der Waals surface area contributed by atoms with Gasteiger partial charge >= 0.3 is 12.0 Å². The molecule has 178 valence electrons. The number of amides is 3. The van der Waals surface area contributed by atoms with Crippen LogP contribution in [0.4, 0.5) is 4.79 Å². The Hall–Kier alpha value is -3.13. The summed E-state index contributed by atoms with van der Waals surface area (Å²) in [5.74, 6) is 0.219. The fourth-order valence-corrected chi connectivity index (χ4v) is 3.67. The molecule has 3 rings (SSSR count). The molecule has 3 amide bonds. The van der Waals surface area contributed by atoms with E-state index < -0.39 is 0 Å². The lowest BCUT2D eigenvalue weighted by Crippen LogP contribution is -2.30. The predicted octanol–water partition coefficient (Wildman–Crippen LogP) is 4.13. The summed E-state index contributed by atoms with van der Waals surface area (Å²) in [6.45, 7) is 5.17. The predicted molar refractivity (Wildman–Crippen MR) is 128 cm³/mol. The summed E-state index contributed by atoms with van der Waals surface area (Å²) in [6.07, 6.45) is 6.96. The summed E-state index contributed by atoms with van der Waals surface area (Å²) in [7, 11) is 2.86. The standard InChI is InChI=1S/C24H30N4O4.ClH/c1-5-7-13-27-20(22(29)26(3)24(27)31)14-19-15-25-21(8-6-2)28(19)16-17-9-11-18(12-10-17)23(30)32-4;/h9-12,14-15H,5-8,13,16H2,1-4H3;1H. The Morgan fingerprint density at radius 2 is 1.82 bits per heavy atom. The molecule has 0 aliphatic carbocycles. The van der Waals surface area contributed by atoms with Crippen LogP contribution >= 0.6 is 12.4 Å². The van der Waals surface area contributed by atoms with Gasteiger partial charge in [0.25, 0.3) is 5.91 Å². The zero-order chi connectivity index (χ0) is 23.3. The molecule has 2 heterocycles. The van der Waals surface area contributed by atoms with Crippen LogP contribution in [0.1, 0.15) is 60.5 Å². The SMILES string of the molecule is CCCCN1C(=O)N(C)C(=O)C1=Cc1cnc(CCC)n1Cc1ccc(C(=O)OC)cc1.Cl. The van der Waals surface area contributed by atoms with Crippen LogP contribution in [0.3, 0.4) is 0 Å². The van der Waals surface area contributed by atoms with Crippen LogP contribution in [0.2, 0.25) is 0 Å². The minimum absolute atomic E-state index is 0. The van der Waals surface area contributed by atoms with E-state index >= 15 is 0 Å². The molecule has 1 aliphatic heterocycles. The number of carbonyl (C=O) groups is 3. The summed E-state index contributed by atoms with van der Waals surface area (Å²) in [5, 5.41) is 0. The van der Waals surface area contributed by atoms with E-state index in [1.165, 1.54) is 14.2 Å². The van der Waals surface area contributed by atoms with Crippen LogP contribution in [0.25, 0.3) is 6.08 Å². The van der Waals surface area contributed by atoms with E-state index in [-0.39, 0.29) is 30.3 Å². The van der Waals surface area contributed by atoms with Crippen molar-refractivity contribution >= 4 is 36.4 Å². The number of likely N-dealkylation sites (N-methyl/N-ethyl adjacent to an activating group) is 1. The van der Waals surface area contributed by atoms with Crippen molar-refractivity contribution in [1.82, 2.24) is 19.4 Å². The summed E-state index contributed by atoms with van der Waals surface area (Å²) in [4.78, 5) is 44.3. The first kappa shape index (κ1) is 26.1. The van der Waals surface area contributed by atoms with Crippen LogP contribution in [-0.4, -0.2) is 58.0 Å². The number of rotatable bonds is 9. The molecule has 1 aromatic carbocycles. The second-order valence-electron chi connectivity index (χ2n) is 7.81.